The number of benzene rings is 1. The van der Waals surface area contributed by atoms with E-state index in [1.807, 2.05) is 0 Å². The molecular formula is C15H24N2O2. The molecule has 1 fully saturated rings. The number of rotatable bonds is 5. The zero-order chi connectivity index (χ0) is 13.8. The molecule has 4 nitrogen and oxygen atoms in total. The van der Waals surface area contributed by atoms with Gasteiger partial charge in [-0.15, -0.1) is 0 Å². The number of hydrogen-bond donors (Lipinski definition) is 1. The first kappa shape index (κ1) is 14.0. The Kier molecular flexibility index (Phi) is 4.53. The largest absolute Gasteiger partial charge is 0.496 e. The van der Waals surface area contributed by atoms with Gasteiger partial charge in [0.05, 0.1) is 19.9 Å². The third kappa shape index (κ3) is 2.78. The molecule has 1 saturated heterocycles. The van der Waals surface area contributed by atoms with Gasteiger partial charge in [0.25, 0.3) is 0 Å². The molecule has 1 unspecified atom stereocenters. The van der Waals surface area contributed by atoms with Crippen LogP contribution in [0, 0.1) is 0 Å². The smallest absolute Gasteiger partial charge is 0.142 e. The summed E-state index contributed by atoms with van der Waals surface area (Å²) < 4.78 is 11.1. The zero-order valence-electron chi connectivity index (χ0n) is 12.1. The minimum absolute atomic E-state index is 0.261. The maximum atomic E-state index is 5.77. The Labute approximate surface area is 115 Å². The number of methoxy groups -OCH3 is 2. The van der Waals surface area contributed by atoms with Crippen LogP contribution in [0.4, 0.5) is 5.69 Å². The van der Waals surface area contributed by atoms with Crippen LogP contribution in [0.5, 0.6) is 11.5 Å². The first-order chi connectivity index (χ1) is 9.21. The highest BCUT2D eigenvalue weighted by molar-refractivity contribution is 5.65. The van der Waals surface area contributed by atoms with Gasteiger partial charge >= 0.3 is 0 Å². The third-order valence-corrected chi connectivity index (χ3v) is 3.86. The number of hydrogen-bond acceptors (Lipinski definition) is 4. The molecule has 1 aliphatic rings. The predicted molar refractivity (Wildman–Crippen MR) is 78.5 cm³/mol. The van der Waals surface area contributed by atoms with E-state index in [2.05, 4.69) is 24.0 Å². The van der Waals surface area contributed by atoms with E-state index in [-0.39, 0.29) is 5.92 Å². The molecule has 0 saturated carbocycles. The highest BCUT2D eigenvalue weighted by atomic mass is 16.5. The first-order valence-electron chi connectivity index (χ1n) is 6.92. The minimum Gasteiger partial charge on any atom is -0.496 e. The molecule has 0 radical (unpaired) electrons. The van der Waals surface area contributed by atoms with Gasteiger partial charge in [0.15, 0.2) is 0 Å². The Morgan fingerprint density at radius 1 is 1.16 bits per heavy atom. The van der Waals surface area contributed by atoms with Crippen molar-refractivity contribution in [3.63, 3.8) is 0 Å². The van der Waals surface area contributed by atoms with Gasteiger partial charge in [-0.3, -0.25) is 0 Å². The molecule has 2 rings (SSSR count). The monoisotopic (exact) mass is 264 g/mol. The van der Waals surface area contributed by atoms with Crippen LogP contribution in [0.3, 0.4) is 0 Å². The van der Waals surface area contributed by atoms with Gasteiger partial charge in [-0.05, 0) is 31.4 Å². The zero-order valence-corrected chi connectivity index (χ0v) is 12.1. The maximum Gasteiger partial charge on any atom is 0.142 e. The summed E-state index contributed by atoms with van der Waals surface area (Å²) in [5, 5.41) is 0. The second kappa shape index (κ2) is 6.15. The molecule has 1 heterocycles. The fourth-order valence-corrected chi connectivity index (χ4v) is 2.62. The van der Waals surface area contributed by atoms with Crippen molar-refractivity contribution < 1.29 is 9.47 Å². The molecule has 106 valence electrons. The van der Waals surface area contributed by atoms with Crippen LogP contribution in [0.15, 0.2) is 12.1 Å². The van der Waals surface area contributed by atoms with E-state index in [4.69, 9.17) is 15.2 Å². The SMILES string of the molecule is COc1cc(N2CCCC2)c(OC)cc1C(C)CN. The Balaban J connectivity index is 2.43. The minimum atomic E-state index is 0.261. The fraction of sp³-hybridized carbons (Fsp3) is 0.600. The highest BCUT2D eigenvalue weighted by Crippen LogP contribution is 2.39. The first-order valence-corrected chi connectivity index (χ1v) is 6.92. The van der Waals surface area contributed by atoms with Gasteiger partial charge in [-0.1, -0.05) is 6.92 Å². The maximum absolute atomic E-state index is 5.77. The lowest BCUT2D eigenvalue weighted by Gasteiger charge is -2.24. The van der Waals surface area contributed by atoms with E-state index in [0.717, 1.165) is 35.8 Å². The van der Waals surface area contributed by atoms with Crippen LogP contribution >= 0.6 is 0 Å². The second-order valence-corrected chi connectivity index (χ2v) is 5.10. The summed E-state index contributed by atoms with van der Waals surface area (Å²) in [6, 6.07) is 4.16. The number of anilines is 1. The molecule has 19 heavy (non-hydrogen) atoms. The highest BCUT2D eigenvalue weighted by Gasteiger charge is 2.21. The number of nitrogens with two attached hydrogens (primary N) is 1. The van der Waals surface area contributed by atoms with Gasteiger partial charge in [-0.25, -0.2) is 0 Å². The third-order valence-electron chi connectivity index (χ3n) is 3.86. The van der Waals surface area contributed by atoms with E-state index in [9.17, 15) is 0 Å². The summed E-state index contributed by atoms with van der Waals surface area (Å²) >= 11 is 0. The topological polar surface area (TPSA) is 47.7 Å². The molecule has 0 aromatic heterocycles. The molecule has 2 N–H and O–H groups in total. The summed E-state index contributed by atoms with van der Waals surface area (Å²) in [6.07, 6.45) is 2.48. The standard InChI is InChI=1S/C15H24N2O2/c1-11(10-16)12-8-15(19-3)13(9-14(12)18-2)17-6-4-5-7-17/h8-9,11H,4-7,10,16H2,1-3H3. The predicted octanol–water partition coefficient (Wildman–Crippen LogP) is 2.37. The van der Waals surface area contributed by atoms with Crippen molar-refractivity contribution in [1.29, 1.82) is 0 Å². The molecule has 1 aliphatic heterocycles. The van der Waals surface area contributed by atoms with Crippen molar-refractivity contribution in [2.24, 2.45) is 5.73 Å². The quantitative estimate of drug-likeness (QED) is 0.887. The van der Waals surface area contributed by atoms with Crippen molar-refractivity contribution in [3.8, 4) is 11.5 Å². The summed E-state index contributed by atoms with van der Waals surface area (Å²) in [7, 11) is 3.43. The number of nitrogens with zero attached hydrogens (tertiary/aromatic N) is 1. The van der Waals surface area contributed by atoms with Gasteiger partial charge in [-0.2, -0.15) is 0 Å². The van der Waals surface area contributed by atoms with E-state index < -0.39 is 0 Å². The van der Waals surface area contributed by atoms with E-state index in [1.54, 1.807) is 14.2 Å². The summed E-state index contributed by atoms with van der Waals surface area (Å²) in [5.41, 5.74) is 8.02. The lowest BCUT2D eigenvalue weighted by molar-refractivity contribution is 0.396. The van der Waals surface area contributed by atoms with Crippen molar-refractivity contribution in [2.75, 3.05) is 38.8 Å². The van der Waals surface area contributed by atoms with Crippen LogP contribution in [-0.4, -0.2) is 33.9 Å². The molecule has 0 aliphatic carbocycles. The van der Waals surface area contributed by atoms with Crippen molar-refractivity contribution in [2.45, 2.75) is 25.7 Å². The molecule has 0 spiro atoms. The van der Waals surface area contributed by atoms with Crippen LogP contribution in [0.25, 0.3) is 0 Å². The van der Waals surface area contributed by atoms with E-state index in [0.29, 0.717) is 6.54 Å². The van der Waals surface area contributed by atoms with Crippen molar-refractivity contribution in [3.05, 3.63) is 17.7 Å². The Bertz CT molecular complexity index is 428. The number of ether oxygens (including phenoxy) is 2. The average Bonchev–Trinajstić information content (AvgIpc) is 2.98. The second-order valence-electron chi connectivity index (χ2n) is 5.10. The molecule has 4 heteroatoms. The molecule has 0 bridgehead atoms. The molecule has 1 atom stereocenters. The van der Waals surface area contributed by atoms with E-state index >= 15 is 0 Å². The van der Waals surface area contributed by atoms with Crippen LogP contribution in [0.1, 0.15) is 31.2 Å². The van der Waals surface area contributed by atoms with Crippen LogP contribution < -0.4 is 20.1 Å². The fourth-order valence-electron chi connectivity index (χ4n) is 2.62. The Morgan fingerprint density at radius 2 is 1.79 bits per heavy atom. The summed E-state index contributed by atoms with van der Waals surface area (Å²) in [5.74, 6) is 2.08. The molecule has 0 amide bonds. The van der Waals surface area contributed by atoms with Crippen LogP contribution in [0.2, 0.25) is 0 Å². The van der Waals surface area contributed by atoms with Crippen molar-refractivity contribution in [1.82, 2.24) is 0 Å². The van der Waals surface area contributed by atoms with Gasteiger partial charge < -0.3 is 20.1 Å². The lowest BCUT2D eigenvalue weighted by Crippen LogP contribution is -2.19. The van der Waals surface area contributed by atoms with Gasteiger partial charge in [0.1, 0.15) is 11.5 Å². The Morgan fingerprint density at radius 3 is 2.32 bits per heavy atom. The van der Waals surface area contributed by atoms with Gasteiger partial charge in [0.2, 0.25) is 0 Å². The van der Waals surface area contributed by atoms with Gasteiger partial charge in [0, 0.05) is 24.7 Å². The normalized spacial score (nSPS) is 16.5. The summed E-state index contributed by atoms with van der Waals surface area (Å²) in [6.45, 7) is 4.88. The Hall–Kier alpha value is -1.42. The summed E-state index contributed by atoms with van der Waals surface area (Å²) in [4.78, 5) is 2.36. The van der Waals surface area contributed by atoms with Crippen LogP contribution in [-0.2, 0) is 0 Å². The van der Waals surface area contributed by atoms with Crippen molar-refractivity contribution >= 4 is 5.69 Å². The lowest BCUT2D eigenvalue weighted by atomic mass is 9.99. The molecular weight excluding hydrogens is 240 g/mol. The van der Waals surface area contributed by atoms with E-state index in [1.165, 1.54) is 12.8 Å². The molecule has 1 aromatic carbocycles. The molecule has 1 aromatic rings. The average molecular weight is 264 g/mol.